The van der Waals surface area contributed by atoms with Crippen LogP contribution in [0, 0.1) is 12.8 Å². The lowest BCUT2D eigenvalue weighted by molar-refractivity contribution is -0.139. The van der Waals surface area contributed by atoms with Crippen molar-refractivity contribution in [3.8, 4) is 0 Å². The second-order valence-corrected chi connectivity index (χ2v) is 7.95. The summed E-state index contributed by atoms with van der Waals surface area (Å²) >= 11 is 0. The zero-order valence-electron chi connectivity index (χ0n) is 15.7. The van der Waals surface area contributed by atoms with Crippen LogP contribution in [0.4, 0.5) is 5.69 Å². The number of carbonyl (C=O) groups is 1. The lowest BCUT2D eigenvalue weighted by atomic mass is 9.84. The Morgan fingerprint density at radius 1 is 1.24 bits per heavy atom. The lowest BCUT2D eigenvalue weighted by Crippen LogP contribution is -2.54. The zero-order valence-corrected chi connectivity index (χ0v) is 15.7. The van der Waals surface area contributed by atoms with Crippen molar-refractivity contribution in [2.24, 2.45) is 5.92 Å². The van der Waals surface area contributed by atoms with Crippen molar-refractivity contribution in [1.82, 2.24) is 9.80 Å². The van der Waals surface area contributed by atoms with E-state index in [9.17, 15) is 9.90 Å². The maximum Gasteiger partial charge on any atom is 0.236 e. The van der Waals surface area contributed by atoms with Crippen LogP contribution in [0.25, 0.3) is 0 Å². The molecule has 5 nitrogen and oxygen atoms in total. The molecule has 1 N–H and O–H groups in total. The minimum atomic E-state index is -0.643. The van der Waals surface area contributed by atoms with Crippen LogP contribution >= 0.6 is 0 Å². The molecule has 3 rings (SSSR count). The maximum atomic E-state index is 12.6. The van der Waals surface area contributed by atoms with Gasteiger partial charge in [0.05, 0.1) is 12.1 Å². The van der Waals surface area contributed by atoms with Gasteiger partial charge in [-0.05, 0) is 38.0 Å². The molecule has 2 atom stereocenters. The molecular weight excluding hydrogens is 314 g/mol. The predicted octanol–water partition coefficient (Wildman–Crippen LogP) is 1.74. The first kappa shape index (κ1) is 18.2. The summed E-state index contributed by atoms with van der Waals surface area (Å²) in [5.74, 6) is 0.328. The van der Waals surface area contributed by atoms with E-state index in [0.717, 1.165) is 26.2 Å². The van der Waals surface area contributed by atoms with Gasteiger partial charge in [-0.15, -0.1) is 0 Å². The summed E-state index contributed by atoms with van der Waals surface area (Å²) in [6.07, 6.45) is 0.668. The molecule has 2 fully saturated rings. The molecule has 0 spiro atoms. The second-order valence-electron chi connectivity index (χ2n) is 7.95. The highest BCUT2D eigenvalue weighted by atomic mass is 16.3. The van der Waals surface area contributed by atoms with Gasteiger partial charge in [0.2, 0.25) is 5.91 Å². The first-order chi connectivity index (χ1) is 11.8. The number of rotatable bonds is 3. The van der Waals surface area contributed by atoms with Gasteiger partial charge in [-0.2, -0.15) is 0 Å². The summed E-state index contributed by atoms with van der Waals surface area (Å²) < 4.78 is 0. The molecule has 0 radical (unpaired) electrons. The Morgan fingerprint density at radius 2 is 1.96 bits per heavy atom. The van der Waals surface area contributed by atoms with Gasteiger partial charge in [-0.25, -0.2) is 0 Å². The van der Waals surface area contributed by atoms with E-state index >= 15 is 0 Å². The van der Waals surface area contributed by atoms with Crippen LogP contribution in [-0.2, 0) is 4.79 Å². The number of carbonyl (C=O) groups excluding carboxylic acids is 1. The van der Waals surface area contributed by atoms with E-state index in [1.165, 1.54) is 11.3 Å². The van der Waals surface area contributed by atoms with Gasteiger partial charge in [0.15, 0.2) is 0 Å². The second kappa shape index (κ2) is 7.34. The molecule has 0 saturated carbocycles. The largest absolute Gasteiger partial charge is 0.390 e. The van der Waals surface area contributed by atoms with Crippen molar-refractivity contribution in [1.29, 1.82) is 0 Å². The van der Waals surface area contributed by atoms with Gasteiger partial charge >= 0.3 is 0 Å². The third-order valence-corrected chi connectivity index (χ3v) is 5.89. The summed E-state index contributed by atoms with van der Waals surface area (Å²) in [6.45, 7) is 11.6. The highest BCUT2D eigenvalue weighted by Crippen LogP contribution is 2.27. The molecule has 2 unspecified atom stereocenters. The molecule has 1 amide bonds. The smallest absolute Gasteiger partial charge is 0.236 e. The number of hydrogen-bond acceptors (Lipinski definition) is 4. The fourth-order valence-electron chi connectivity index (χ4n) is 3.73. The molecule has 0 aromatic heterocycles. The number of nitrogens with zero attached hydrogens (tertiary/aromatic N) is 3. The van der Waals surface area contributed by atoms with Gasteiger partial charge in [0.25, 0.3) is 0 Å². The van der Waals surface area contributed by atoms with Crippen molar-refractivity contribution in [2.45, 2.75) is 32.8 Å². The number of hydrogen-bond donors (Lipinski definition) is 1. The monoisotopic (exact) mass is 345 g/mol. The topological polar surface area (TPSA) is 47.0 Å². The molecule has 1 aromatic rings. The summed E-state index contributed by atoms with van der Waals surface area (Å²) in [6, 6.07) is 8.61. The van der Waals surface area contributed by atoms with Gasteiger partial charge in [-0.3, -0.25) is 9.69 Å². The normalized spacial score (nSPS) is 28.2. The van der Waals surface area contributed by atoms with Crippen LogP contribution < -0.4 is 4.90 Å². The van der Waals surface area contributed by atoms with Crippen LogP contribution in [0.1, 0.15) is 25.8 Å². The molecule has 1 aromatic carbocycles. The molecule has 5 heteroatoms. The number of piperidine rings is 1. The standard InChI is InChI=1S/C20H31N3O2/c1-16-5-4-6-18(13-16)22-11-9-21(10-12-22)15-19(24)23-8-7-20(3,25)17(2)14-23/h4-6,13,17,25H,7-12,14-15H2,1-3H3. The van der Waals surface area contributed by atoms with E-state index in [1.807, 2.05) is 18.7 Å². The molecule has 2 aliphatic heterocycles. The van der Waals surface area contributed by atoms with Crippen LogP contribution in [0.5, 0.6) is 0 Å². The molecule has 0 bridgehead atoms. The highest BCUT2D eigenvalue weighted by Gasteiger charge is 2.36. The van der Waals surface area contributed by atoms with Gasteiger partial charge in [-0.1, -0.05) is 19.1 Å². The zero-order chi connectivity index (χ0) is 18.0. The maximum absolute atomic E-state index is 12.6. The Kier molecular flexibility index (Phi) is 5.35. The van der Waals surface area contributed by atoms with Crippen molar-refractivity contribution in [2.75, 3.05) is 50.7 Å². The van der Waals surface area contributed by atoms with Crippen molar-refractivity contribution in [3.63, 3.8) is 0 Å². The van der Waals surface area contributed by atoms with Crippen molar-refractivity contribution >= 4 is 11.6 Å². The van der Waals surface area contributed by atoms with E-state index in [4.69, 9.17) is 0 Å². The SMILES string of the molecule is Cc1cccc(N2CCN(CC(=O)N3CCC(C)(O)C(C)C3)CC2)c1. The predicted molar refractivity (Wildman–Crippen MR) is 101 cm³/mol. The summed E-state index contributed by atoms with van der Waals surface area (Å²) in [5, 5.41) is 10.3. The average Bonchev–Trinajstić information content (AvgIpc) is 2.58. The van der Waals surface area contributed by atoms with Gasteiger partial charge in [0, 0.05) is 50.9 Å². The van der Waals surface area contributed by atoms with Crippen molar-refractivity contribution < 1.29 is 9.90 Å². The van der Waals surface area contributed by atoms with Crippen LogP contribution in [0.2, 0.25) is 0 Å². The quantitative estimate of drug-likeness (QED) is 0.906. The molecular formula is C20H31N3O2. The van der Waals surface area contributed by atoms with E-state index in [0.29, 0.717) is 26.1 Å². The third-order valence-electron chi connectivity index (χ3n) is 5.89. The van der Waals surface area contributed by atoms with E-state index in [2.05, 4.69) is 41.0 Å². The third kappa shape index (κ3) is 4.33. The van der Waals surface area contributed by atoms with E-state index in [1.54, 1.807) is 0 Å². The van der Waals surface area contributed by atoms with Gasteiger partial charge < -0.3 is 14.9 Å². The first-order valence-corrected chi connectivity index (χ1v) is 9.39. The Bertz CT molecular complexity index is 609. The van der Waals surface area contributed by atoms with E-state index in [-0.39, 0.29) is 11.8 Å². The first-order valence-electron chi connectivity index (χ1n) is 9.39. The Balaban J connectivity index is 1.48. The molecule has 2 saturated heterocycles. The highest BCUT2D eigenvalue weighted by molar-refractivity contribution is 5.78. The Hall–Kier alpha value is -1.59. The number of benzene rings is 1. The van der Waals surface area contributed by atoms with Crippen LogP contribution in [0.15, 0.2) is 24.3 Å². The molecule has 0 aliphatic carbocycles. The molecule has 2 aliphatic rings. The summed E-state index contributed by atoms with van der Waals surface area (Å²) in [5.41, 5.74) is 1.92. The Labute approximate surface area is 151 Å². The van der Waals surface area contributed by atoms with E-state index < -0.39 is 5.60 Å². The molecule has 2 heterocycles. The van der Waals surface area contributed by atoms with Gasteiger partial charge in [0.1, 0.15) is 0 Å². The number of amides is 1. The number of piperazine rings is 1. The lowest BCUT2D eigenvalue weighted by Gasteiger charge is -2.42. The average molecular weight is 345 g/mol. The summed E-state index contributed by atoms with van der Waals surface area (Å²) in [4.78, 5) is 19.2. The van der Waals surface area contributed by atoms with Crippen molar-refractivity contribution in [3.05, 3.63) is 29.8 Å². The number of aliphatic hydroxyl groups is 1. The minimum absolute atomic E-state index is 0.128. The summed E-state index contributed by atoms with van der Waals surface area (Å²) in [7, 11) is 0. The fourth-order valence-corrected chi connectivity index (χ4v) is 3.73. The molecule has 138 valence electrons. The minimum Gasteiger partial charge on any atom is -0.390 e. The fraction of sp³-hybridized carbons (Fsp3) is 0.650. The van der Waals surface area contributed by atoms with Crippen LogP contribution in [-0.4, -0.2) is 72.2 Å². The Morgan fingerprint density at radius 3 is 2.60 bits per heavy atom. The molecule has 25 heavy (non-hydrogen) atoms. The number of likely N-dealkylation sites (tertiary alicyclic amines) is 1. The number of anilines is 1. The van der Waals surface area contributed by atoms with Crippen LogP contribution in [0.3, 0.4) is 0 Å². The number of aryl methyl sites for hydroxylation is 1.